The van der Waals surface area contributed by atoms with Crippen LogP contribution in [0.15, 0.2) is 54.7 Å². The molecular formula is C33H38Cl2N8O4. The van der Waals surface area contributed by atoms with Crippen molar-refractivity contribution in [3.8, 4) is 22.9 Å². The molecule has 3 heterocycles. The van der Waals surface area contributed by atoms with Gasteiger partial charge in [-0.25, -0.2) is 19.3 Å². The second-order valence-electron chi connectivity index (χ2n) is 12.6. The van der Waals surface area contributed by atoms with Crippen molar-refractivity contribution in [2.45, 2.75) is 45.6 Å². The van der Waals surface area contributed by atoms with Crippen molar-refractivity contribution in [3.05, 3.63) is 76.0 Å². The Morgan fingerprint density at radius 3 is 2.47 bits per heavy atom. The number of benzene rings is 2. The molecule has 4 aromatic rings. The number of carbonyl (C=O) groups is 2. The standard InChI is InChI=1S/C33H38Cl2N8O4/c1-19-15-21(44)7-9-24(19)43-28(17-26(40-43)33(2,3)4)39-31(45)37-23-8-10-25(30(35)29(23)34)47-22-11-13-36-27(16-22)38-32(46)42-14-12-20(18-42)41(5)6/h7-11,13,15-17,20,44H,12,14,18H2,1-6H3,(H,36,38,46)(H2,37,39,45). The summed E-state index contributed by atoms with van der Waals surface area (Å²) in [6.07, 6.45) is 2.42. The maximum atomic E-state index is 13.2. The number of aromatic nitrogens is 3. The summed E-state index contributed by atoms with van der Waals surface area (Å²) in [4.78, 5) is 34.1. The van der Waals surface area contributed by atoms with Crippen molar-refractivity contribution in [2.24, 2.45) is 0 Å². The van der Waals surface area contributed by atoms with Gasteiger partial charge in [0.2, 0.25) is 0 Å². The van der Waals surface area contributed by atoms with Crippen LogP contribution in [0, 0.1) is 6.92 Å². The van der Waals surface area contributed by atoms with Gasteiger partial charge in [0.15, 0.2) is 0 Å². The number of hydrogen-bond donors (Lipinski definition) is 4. The number of likely N-dealkylation sites (tertiary alicyclic amines) is 1. The first-order chi connectivity index (χ1) is 22.2. The van der Waals surface area contributed by atoms with E-state index >= 15 is 0 Å². The summed E-state index contributed by atoms with van der Waals surface area (Å²) in [6.45, 7) is 9.22. The van der Waals surface area contributed by atoms with Crippen LogP contribution < -0.4 is 20.7 Å². The smallest absolute Gasteiger partial charge is 0.324 e. The fourth-order valence-corrected chi connectivity index (χ4v) is 5.49. The third-order valence-electron chi connectivity index (χ3n) is 7.80. The molecule has 1 aliphatic rings. The number of rotatable bonds is 7. The first-order valence-electron chi connectivity index (χ1n) is 15.0. The number of amides is 4. The highest BCUT2D eigenvalue weighted by Gasteiger charge is 2.28. The number of halogens is 2. The normalized spacial score (nSPS) is 14.7. The van der Waals surface area contributed by atoms with E-state index in [-0.39, 0.29) is 38.7 Å². The van der Waals surface area contributed by atoms with Gasteiger partial charge in [0.25, 0.3) is 0 Å². The molecular weight excluding hydrogens is 643 g/mol. The zero-order valence-electron chi connectivity index (χ0n) is 27.1. The highest BCUT2D eigenvalue weighted by atomic mass is 35.5. The maximum Gasteiger partial charge on any atom is 0.324 e. The molecule has 0 aliphatic carbocycles. The number of hydrogen-bond acceptors (Lipinski definition) is 7. The summed E-state index contributed by atoms with van der Waals surface area (Å²) in [5.41, 5.74) is 2.20. The summed E-state index contributed by atoms with van der Waals surface area (Å²) < 4.78 is 7.60. The molecule has 5 rings (SSSR count). The van der Waals surface area contributed by atoms with Gasteiger partial charge < -0.3 is 25.0 Å². The Bertz CT molecular complexity index is 1800. The third-order valence-corrected chi connectivity index (χ3v) is 8.66. The Labute approximate surface area is 283 Å². The van der Waals surface area contributed by atoms with Gasteiger partial charge in [0.05, 0.1) is 22.1 Å². The lowest BCUT2D eigenvalue weighted by atomic mass is 9.92. The summed E-state index contributed by atoms with van der Waals surface area (Å²) in [5, 5.41) is 23.2. The number of nitrogens with zero attached hydrogens (tertiary/aromatic N) is 5. The zero-order valence-corrected chi connectivity index (χ0v) is 28.6. The number of ether oxygens (including phenoxy) is 1. The quantitative estimate of drug-likeness (QED) is 0.159. The predicted octanol–water partition coefficient (Wildman–Crippen LogP) is 7.49. The van der Waals surface area contributed by atoms with E-state index in [4.69, 9.17) is 33.0 Å². The average Bonchev–Trinajstić information content (AvgIpc) is 3.66. The van der Waals surface area contributed by atoms with Crippen LogP contribution in [0.3, 0.4) is 0 Å². The monoisotopic (exact) mass is 680 g/mol. The molecule has 1 atom stereocenters. The number of anilines is 3. The Morgan fingerprint density at radius 2 is 1.79 bits per heavy atom. The molecule has 248 valence electrons. The Morgan fingerprint density at radius 1 is 1.02 bits per heavy atom. The Hall–Kier alpha value is -4.52. The van der Waals surface area contributed by atoms with Crippen molar-refractivity contribution in [3.63, 3.8) is 0 Å². The van der Waals surface area contributed by atoms with Crippen LogP contribution in [-0.4, -0.2) is 75.0 Å². The molecule has 47 heavy (non-hydrogen) atoms. The van der Waals surface area contributed by atoms with Gasteiger partial charge in [-0.3, -0.25) is 10.6 Å². The number of urea groups is 2. The van der Waals surface area contributed by atoms with Crippen LogP contribution in [0.25, 0.3) is 5.69 Å². The maximum absolute atomic E-state index is 13.2. The average molecular weight is 682 g/mol. The minimum Gasteiger partial charge on any atom is -0.508 e. The van der Waals surface area contributed by atoms with Gasteiger partial charge in [-0.1, -0.05) is 44.0 Å². The number of pyridine rings is 1. The van der Waals surface area contributed by atoms with Gasteiger partial charge >= 0.3 is 12.1 Å². The minimum absolute atomic E-state index is 0.0737. The van der Waals surface area contributed by atoms with Crippen molar-refractivity contribution in [1.29, 1.82) is 0 Å². The molecule has 14 heteroatoms. The van der Waals surface area contributed by atoms with Crippen molar-refractivity contribution >= 4 is 52.6 Å². The lowest BCUT2D eigenvalue weighted by molar-refractivity contribution is 0.216. The summed E-state index contributed by atoms with van der Waals surface area (Å²) in [6, 6.07) is 12.6. The first-order valence-corrected chi connectivity index (χ1v) is 15.8. The molecule has 4 amide bonds. The van der Waals surface area contributed by atoms with E-state index in [1.807, 2.05) is 41.8 Å². The molecule has 0 radical (unpaired) electrons. The lowest BCUT2D eigenvalue weighted by Gasteiger charge is -2.20. The van der Waals surface area contributed by atoms with Gasteiger partial charge in [-0.2, -0.15) is 5.10 Å². The molecule has 12 nitrogen and oxygen atoms in total. The van der Waals surface area contributed by atoms with E-state index in [0.29, 0.717) is 42.2 Å². The molecule has 2 aromatic heterocycles. The highest BCUT2D eigenvalue weighted by molar-refractivity contribution is 6.45. The Balaban J connectivity index is 1.28. The molecule has 1 saturated heterocycles. The molecule has 0 spiro atoms. The number of phenols is 1. The van der Waals surface area contributed by atoms with Gasteiger partial charge in [-0.05, 0) is 69.4 Å². The van der Waals surface area contributed by atoms with Crippen molar-refractivity contribution in [1.82, 2.24) is 24.6 Å². The second kappa shape index (κ2) is 13.7. The molecule has 2 aromatic carbocycles. The minimum atomic E-state index is -0.570. The number of aromatic hydroxyl groups is 1. The zero-order chi connectivity index (χ0) is 34.0. The molecule has 0 bridgehead atoms. The number of nitrogens with one attached hydrogen (secondary N) is 3. The molecule has 1 fully saturated rings. The fourth-order valence-electron chi connectivity index (χ4n) is 5.08. The van der Waals surface area contributed by atoms with Crippen LogP contribution in [0.1, 0.15) is 38.4 Å². The van der Waals surface area contributed by atoms with Crippen LogP contribution in [-0.2, 0) is 5.41 Å². The van der Waals surface area contributed by atoms with E-state index in [9.17, 15) is 14.7 Å². The van der Waals surface area contributed by atoms with Crippen LogP contribution in [0.4, 0.5) is 26.9 Å². The van der Waals surface area contributed by atoms with Crippen molar-refractivity contribution < 1.29 is 19.4 Å². The van der Waals surface area contributed by atoms with Crippen LogP contribution >= 0.6 is 23.2 Å². The number of phenolic OH excluding ortho intramolecular Hbond substituents is 1. The third kappa shape index (κ3) is 7.90. The number of likely N-dealkylation sites (N-methyl/N-ethyl adjacent to an activating group) is 1. The number of carbonyl (C=O) groups excluding carboxylic acids is 2. The molecule has 1 unspecified atom stereocenters. The van der Waals surface area contributed by atoms with E-state index in [0.717, 1.165) is 17.7 Å². The lowest BCUT2D eigenvalue weighted by Crippen LogP contribution is -2.36. The second-order valence-corrected chi connectivity index (χ2v) is 13.4. The van der Waals surface area contributed by atoms with E-state index in [2.05, 4.69) is 25.8 Å². The summed E-state index contributed by atoms with van der Waals surface area (Å²) in [7, 11) is 4.01. The largest absolute Gasteiger partial charge is 0.508 e. The van der Waals surface area contributed by atoms with E-state index in [1.165, 1.54) is 6.20 Å². The summed E-state index contributed by atoms with van der Waals surface area (Å²) >= 11 is 13.1. The Kier molecular flexibility index (Phi) is 9.85. The molecule has 0 saturated carbocycles. The predicted molar refractivity (Wildman–Crippen MR) is 185 cm³/mol. The molecule has 4 N–H and O–H groups in total. The SMILES string of the molecule is Cc1cc(O)ccc1-n1nc(C(C)(C)C)cc1NC(=O)Nc1ccc(Oc2ccnc(NC(=O)N3CCC(N(C)C)C3)c2)c(Cl)c1Cl. The first kappa shape index (κ1) is 33.8. The van der Waals surface area contributed by atoms with E-state index < -0.39 is 6.03 Å². The van der Waals surface area contributed by atoms with Gasteiger partial charge in [0.1, 0.15) is 33.9 Å². The van der Waals surface area contributed by atoms with E-state index in [1.54, 1.807) is 58.1 Å². The fraction of sp³-hybridized carbons (Fsp3) is 0.333. The van der Waals surface area contributed by atoms with Crippen LogP contribution in [0.5, 0.6) is 17.2 Å². The van der Waals surface area contributed by atoms with Gasteiger partial charge in [-0.15, -0.1) is 0 Å². The van der Waals surface area contributed by atoms with Gasteiger partial charge in [0, 0.05) is 42.9 Å². The van der Waals surface area contributed by atoms with Crippen molar-refractivity contribution in [2.75, 3.05) is 43.1 Å². The molecule has 1 aliphatic heterocycles. The highest BCUT2D eigenvalue weighted by Crippen LogP contribution is 2.40. The topological polar surface area (TPSA) is 137 Å². The summed E-state index contributed by atoms with van der Waals surface area (Å²) in [5.74, 6) is 1.51. The van der Waals surface area contributed by atoms with Crippen LogP contribution in [0.2, 0.25) is 10.0 Å². The number of aryl methyl sites for hydroxylation is 1.